The number of piperazine rings is 1. The third-order valence-corrected chi connectivity index (χ3v) is 3.59. The first-order valence-corrected chi connectivity index (χ1v) is 5.93. The Morgan fingerprint density at radius 3 is 2.50 bits per heavy atom. The lowest BCUT2D eigenvalue weighted by atomic mass is 9.82. The van der Waals surface area contributed by atoms with Crippen LogP contribution in [-0.2, 0) is 10.3 Å². The van der Waals surface area contributed by atoms with Crippen molar-refractivity contribution in [3.05, 3.63) is 35.9 Å². The Kier molecular flexibility index (Phi) is 2.21. The second-order valence-electron chi connectivity index (χ2n) is 4.63. The standard InChI is InChI=1S/C13H16N2O/c16-12-13(11-6-7-11,15-9-8-14-12)10-4-2-1-3-5-10/h1-5,11,15H,6-9H2,(H,14,16). The van der Waals surface area contributed by atoms with Crippen LogP contribution in [0, 0.1) is 5.92 Å². The summed E-state index contributed by atoms with van der Waals surface area (Å²) in [7, 11) is 0. The number of benzene rings is 1. The fourth-order valence-corrected chi connectivity index (χ4v) is 2.67. The highest BCUT2D eigenvalue weighted by molar-refractivity contribution is 5.89. The molecular weight excluding hydrogens is 200 g/mol. The normalized spacial score (nSPS) is 29.9. The number of hydrogen-bond acceptors (Lipinski definition) is 2. The van der Waals surface area contributed by atoms with Gasteiger partial charge in [0, 0.05) is 13.1 Å². The summed E-state index contributed by atoms with van der Waals surface area (Å²) in [5.74, 6) is 0.614. The van der Waals surface area contributed by atoms with Gasteiger partial charge >= 0.3 is 0 Å². The molecule has 1 aromatic carbocycles. The van der Waals surface area contributed by atoms with Crippen LogP contribution in [0.2, 0.25) is 0 Å². The quantitative estimate of drug-likeness (QED) is 0.774. The van der Waals surface area contributed by atoms with Gasteiger partial charge in [0.05, 0.1) is 0 Å². The zero-order chi connectivity index (χ0) is 11.0. The van der Waals surface area contributed by atoms with Crippen LogP contribution in [0.15, 0.2) is 30.3 Å². The number of carbonyl (C=O) groups is 1. The van der Waals surface area contributed by atoms with Crippen molar-refractivity contribution >= 4 is 5.91 Å². The van der Waals surface area contributed by atoms with E-state index in [0.29, 0.717) is 5.92 Å². The Hall–Kier alpha value is -1.35. The maximum absolute atomic E-state index is 12.2. The molecule has 1 atom stereocenters. The maximum atomic E-state index is 12.2. The molecule has 84 valence electrons. The Morgan fingerprint density at radius 1 is 1.12 bits per heavy atom. The van der Waals surface area contributed by atoms with Crippen molar-refractivity contribution in [3.63, 3.8) is 0 Å². The van der Waals surface area contributed by atoms with Gasteiger partial charge in [-0.1, -0.05) is 30.3 Å². The van der Waals surface area contributed by atoms with E-state index in [9.17, 15) is 4.79 Å². The topological polar surface area (TPSA) is 41.1 Å². The number of carbonyl (C=O) groups excluding carboxylic acids is 1. The number of rotatable bonds is 2. The summed E-state index contributed by atoms with van der Waals surface area (Å²) in [6, 6.07) is 10.1. The highest BCUT2D eigenvalue weighted by Gasteiger charge is 2.52. The van der Waals surface area contributed by atoms with Gasteiger partial charge in [-0.25, -0.2) is 0 Å². The van der Waals surface area contributed by atoms with Gasteiger partial charge in [0.15, 0.2) is 0 Å². The lowest BCUT2D eigenvalue weighted by Gasteiger charge is -2.38. The Morgan fingerprint density at radius 2 is 1.88 bits per heavy atom. The van der Waals surface area contributed by atoms with E-state index in [4.69, 9.17) is 0 Å². The molecule has 1 heterocycles. The fourth-order valence-electron chi connectivity index (χ4n) is 2.67. The fraction of sp³-hybridized carbons (Fsp3) is 0.462. The van der Waals surface area contributed by atoms with Crippen LogP contribution in [0.5, 0.6) is 0 Å². The molecule has 0 radical (unpaired) electrons. The first-order chi connectivity index (χ1) is 7.84. The van der Waals surface area contributed by atoms with Gasteiger partial charge in [0.1, 0.15) is 5.54 Å². The van der Waals surface area contributed by atoms with E-state index in [1.54, 1.807) is 0 Å². The Bertz CT molecular complexity index is 400. The highest BCUT2D eigenvalue weighted by Crippen LogP contribution is 2.46. The third-order valence-electron chi connectivity index (χ3n) is 3.59. The van der Waals surface area contributed by atoms with E-state index >= 15 is 0 Å². The minimum Gasteiger partial charge on any atom is -0.353 e. The number of nitrogens with one attached hydrogen (secondary N) is 2. The van der Waals surface area contributed by atoms with Crippen LogP contribution in [0.25, 0.3) is 0 Å². The van der Waals surface area contributed by atoms with Crippen LogP contribution < -0.4 is 10.6 Å². The van der Waals surface area contributed by atoms with Gasteiger partial charge in [-0.05, 0) is 24.3 Å². The average Bonchev–Trinajstić information content (AvgIpc) is 3.15. The van der Waals surface area contributed by atoms with Crippen LogP contribution in [0.1, 0.15) is 18.4 Å². The molecule has 1 amide bonds. The van der Waals surface area contributed by atoms with E-state index < -0.39 is 5.54 Å². The summed E-state index contributed by atoms with van der Waals surface area (Å²) in [6.45, 7) is 1.59. The van der Waals surface area contributed by atoms with Gasteiger partial charge in [-0.15, -0.1) is 0 Å². The van der Waals surface area contributed by atoms with Crippen molar-refractivity contribution in [2.45, 2.75) is 18.4 Å². The van der Waals surface area contributed by atoms with E-state index in [1.807, 2.05) is 18.2 Å². The van der Waals surface area contributed by atoms with Crippen molar-refractivity contribution in [2.24, 2.45) is 5.92 Å². The van der Waals surface area contributed by atoms with Crippen molar-refractivity contribution in [2.75, 3.05) is 13.1 Å². The van der Waals surface area contributed by atoms with Crippen molar-refractivity contribution in [1.82, 2.24) is 10.6 Å². The van der Waals surface area contributed by atoms with Crippen molar-refractivity contribution < 1.29 is 4.79 Å². The van der Waals surface area contributed by atoms with Crippen molar-refractivity contribution in [3.8, 4) is 0 Å². The van der Waals surface area contributed by atoms with Crippen LogP contribution in [0.3, 0.4) is 0 Å². The van der Waals surface area contributed by atoms with E-state index in [-0.39, 0.29) is 5.91 Å². The second-order valence-corrected chi connectivity index (χ2v) is 4.63. The van der Waals surface area contributed by atoms with Crippen molar-refractivity contribution in [1.29, 1.82) is 0 Å². The molecule has 1 aliphatic heterocycles. The highest BCUT2D eigenvalue weighted by atomic mass is 16.2. The smallest absolute Gasteiger partial charge is 0.245 e. The molecule has 1 aliphatic carbocycles. The molecule has 16 heavy (non-hydrogen) atoms. The Balaban J connectivity index is 2.05. The molecule has 0 bridgehead atoms. The lowest BCUT2D eigenvalue weighted by Crippen LogP contribution is -2.62. The summed E-state index contributed by atoms with van der Waals surface area (Å²) in [5, 5.41) is 6.44. The number of hydrogen-bond donors (Lipinski definition) is 2. The molecule has 1 saturated heterocycles. The summed E-state index contributed by atoms with van der Waals surface area (Å²) in [4.78, 5) is 12.2. The first-order valence-electron chi connectivity index (χ1n) is 5.93. The maximum Gasteiger partial charge on any atom is 0.245 e. The van der Waals surface area contributed by atoms with Crippen LogP contribution in [0.4, 0.5) is 0 Å². The van der Waals surface area contributed by atoms with E-state index in [1.165, 1.54) is 0 Å². The molecule has 1 unspecified atom stereocenters. The predicted molar refractivity (Wildman–Crippen MR) is 61.9 cm³/mol. The molecule has 3 rings (SSSR count). The summed E-state index contributed by atoms with van der Waals surface area (Å²) < 4.78 is 0. The zero-order valence-electron chi connectivity index (χ0n) is 9.20. The summed E-state index contributed by atoms with van der Waals surface area (Å²) in [6.07, 6.45) is 2.30. The van der Waals surface area contributed by atoms with Crippen LogP contribution >= 0.6 is 0 Å². The molecular formula is C13H16N2O. The summed E-state index contributed by atoms with van der Waals surface area (Å²) in [5.41, 5.74) is 0.647. The third kappa shape index (κ3) is 1.35. The molecule has 1 aromatic rings. The van der Waals surface area contributed by atoms with Gasteiger partial charge in [-0.2, -0.15) is 0 Å². The molecule has 3 nitrogen and oxygen atoms in total. The van der Waals surface area contributed by atoms with Gasteiger partial charge in [0.25, 0.3) is 0 Å². The van der Waals surface area contributed by atoms with E-state index in [0.717, 1.165) is 31.5 Å². The first kappa shape index (κ1) is 9.85. The van der Waals surface area contributed by atoms with Gasteiger partial charge < -0.3 is 5.32 Å². The summed E-state index contributed by atoms with van der Waals surface area (Å²) >= 11 is 0. The van der Waals surface area contributed by atoms with Gasteiger partial charge in [-0.3, -0.25) is 10.1 Å². The molecule has 0 aromatic heterocycles. The molecule has 2 aliphatic rings. The zero-order valence-corrected chi connectivity index (χ0v) is 9.20. The van der Waals surface area contributed by atoms with E-state index in [2.05, 4.69) is 22.8 Å². The molecule has 0 spiro atoms. The minimum absolute atomic E-state index is 0.146. The predicted octanol–water partition coefficient (Wildman–Crippen LogP) is 1.01. The van der Waals surface area contributed by atoms with Crippen LogP contribution in [-0.4, -0.2) is 19.0 Å². The SMILES string of the molecule is O=C1NCCNC1(c1ccccc1)C1CC1. The van der Waals surface area contributed by atoms with Gasteiger partial charge in [0.2, 0.25) is 5.91 Å². The minimum atomic E-state index is -0.459. The molecule has 2 fully saturated rings. The second kappa shape index (κ2) is 3.59. The lowest BCUT2D eigenvalue weighted by molar-refractivity contribution is -0.130. The molecule has 3 heteroatoms. The molecule has 2 N–H and O–H groups in total. The number of amides is 1. The molecule has 1 saturated carbocycles. The largest absolute Gasteiger partial charge is 0.353 e. The average molecular weight is 216 g/mol. The monoisotopic (exact) mass is 216 g/mol. The Labute approximate surface area is 95.2 Å².